The molecule has 242 valence electrons. The van der Waals surface area contributed by atoms with Gasteiger partial charge in [-0.3, -0.25) is 4.79 Å². The van der Waals surface area contributed by atoms with Crippen molar-refractivity contribution in [3.05, 3.63) is 107 Å². The van der Waals surface area contributed by atoms with Gasteiger partial charge >= 0.3 is 5.97 Å². The number of fused-ring (bicyclic) bond motifs is 1. The number of cyclic esters (lactones) is 1. The van der Waals surface area contributed by atoms with Crippen LogP contribution < -0.4 is 23.7 Å². The Hall–Kier alpha value is -5.46. The van der Waals surface area contributed by atoms with Crippen LogP contribution >= 0.6 is 11.7 Å². The lowest BCUT2D eigenvalue weighted by molar-refractivity contribution is -0.185. The molecule has 0 saturated carbocycles. The molecular weight excluding hydrogens is 624 g/mol. The minimum atomic E-state index is -2.11. The Morgan fingerprint density at radius 3 is 2.09 bits per heavy atom. The van der Waals surface area contributed by atoms with Gasteiger partial charge < -0.3 is 33.5 Å². The summed E-state index contributed by atoms with van der Waals surface area (Å²) in [5.41, 5.74) is 4.22. The first-order valence-electron chi connectivity index (χ1n) is 14.2. The van der Waals surface area contributed by atoms with E-state index >= 15 is 0 Å². The van der Waals surface area contributed by atoms with E-state index in [9.17, 15) is 14.7 Å². The lowest BCUT2D eigenvalue weighted by Gasteiger charge is -2.27. The Kier molecular flexibility index (Phi) is 10.0. The Morgan fingerprint density at radius 1 is 0.787 bits per heavy atom. The van der Waals surface area contributed by atoms with Gasteiger partial charge in [0.1, 0.15) is 28.8 Å². The van der Waals surface area contributed by atoms with E-state index in [1.165, 1.54) is 21.3 Å². The number of nitrogens with zero attached hydrogens (tertiary/aromatic N) is 2. The number of carbonyl (C=O) groups excluding carboxylic acids is 2. The van der Waals surface area contributed by atoms with Crippen molar-refractivity contribution >= 4 is 40.6 Å². The smallest absolute Gasteiger partial charge is 0.342 e. The van der Waals surface area contributed by atoms with E-state index in [4.69, 9.17) is 28.4 Å². The van der Waals surface area contributed by atoms with Crippen molar-refractivity contribution in [1.82, 2.24) is 8.75 Å². The molecule has 11 nitrogen and oxygen atoms in total. The molecule has 6 rings (SSSR count). The molecule has 12 heteroatoms. The Balaban J connectivity index is 0.000000371. The number of aromatic nitrogens is 2. The van der Waals surface area contributed by atoms with Crippen molar-refractivity contribution in [2.75, 3.05) is 35.5 Å². The largest absolute Gasteiger partial charge is 0.497 e. The monoisotopic (exact) mass is 656 g/mol. The topological polar surface area (TPSA) is 136 Å². The number of methoxy groups -OCH3 is 5. The average molecular weight is 657 g/mol. The predicted octanol–water partition coefficient (Wildman–Crippen LogP) is 5.63. The molecule has 47 heavy (non-hydrogen) atoms. The second-order valence-electron chi connectivity index (χ2n) is 10.2. The van der Waals surface area contributed by atoms with E-state index in [1.807, 2.05) is 24.3 Å². The third-order valence-electron chi connectivity index (χ3n) is 7.50. The summed E-state index contributed by atoms with van der Waals surface area (Å²) in [5, 5.41) is 12.1. The summed E-state index contributed by atoms with van der Waals surface area (Å²) in [6.07, 6.45) is 0.987. The molecule has 1 N–H and O–H groups in total. The van der Waals surface area contributed by atoms with Crippen LogP contribution in [-0.4, -0.2) is 61.7 Å². The molecular formula is C35H32N2O9S. The highest BCUT2D eigenvalue weighted by atomic mass is 32.1. The first kappa shape index (κ1) is 32.9. The number of aliphatic hydroxyl groups is 1. The molecule has 1 aromatic heterocycles. The Bertz CT molecular complexity index is 1930. The lowest BCUT2D eigenvalue weighted by Crippen LogP contribution is -2.30. The Morgan fingerprint density at radius 2 is 1.45 bits per heavy atom. The molecule has 1 atom stereocenters. The first-order chi connectivity index (χ1) is 22.8. The SMILES string of the molecule is COc1cccc(C=O)c1.COc1cccc(CC2=C(c3ccc4nsnc4c3)C(=O)OC2(O)c2cc(OC)c(OC)c(OC)c2)c1. The number of hydrogen-bond donors (Lipinski definition) is 1. The van der Waals surface area contributed by atoms with Gasteiger partial charge in [0, 0.05) is 23.1 Å². The zero-order chi connectivity index (χ0) is 33.6. The molecule has 0 aliphatic carbocycles. The zero-order valence-electron chi connectivity index (χ0n) is 26.3. The summed E-state index contributed by atoms with van der Waals surface area (Å²) < 4.78 is 40.9. The summed E-state index contributed by atoms with van der Waals surface area (Å²) in [6.45, 7) is 0. The summed E-state index contributed by atoms with van der Waals surface area (Å²) >= 11 is 1.09. The van der Waals surface area contributed by atoms with E-state index < -0.39 is 11.8 Å². The maximum atomic E-state index is 13.4. The third-order valence-corrected chi connectivity index (χ3v) is 8.06. The molecule has 4 aromatic carbocycles. The van der Waals surface area contributed by atoms with Crippen LogP contribution in [-0.2, 0) is 21.7 Å². The van der Waals surface area contributed by atoms with Gasteiger partial charge in [-0.25, -0.2) is 4.79 Å². The van der Waals surface area contributed by atoms with Gasteiger partial charge in [0.2, 0.25) is 5.75 Å². The van der Waals surface area contributed by atoms with Gasteiger partial charge in [-0.1, -0.05) is 30.3 Å². The molecule has 2 heterocycles. The maximum Gasteiger partial charge on any atom is 0.342 e. The normalized spacial score (nSPS) is 15.4. The number of carbonyl (C=O) groups is 2. The van der Waals surface area contributed by atoms with E-state index in [-0.39, 0.29) is 17.6 Å². The van der Waals surface area contributed by atoms with Gasteiger partial charge in [-0.05, 0) is 59.7 Å². The van der Waals surface area contributed by atoms with Crippen LogP contribution in [0.4, 0.5) is 0 Å². The molecule has 0 radical (unpaired) electrons. The lowest BCUT2D eigenvalue weighted by atomic mass is 9.87. The maximum absolute atomic E-state index is 13.4. The predicted molar refractivity (Wildman–Crippen MR) is 176 cm³/mol. The molecule has 1 aliphatic heterocycles. The molecule has 0 spiro atoms. The summed E-state index contributed by atoms with van der Waals surface area (Å²) in [7, 11) is 7.59. The van der Waals surface area contributed by atoms with E-state index in [1.54, 1.807) is 68.8 Å². The highest BCUT2D eigenvalue weighted by Gasteiger charge is 2.49. The standard InChI is InChI=1S/C27H24N2O7S.C8H8O2/c1-32-18-7-5-6-15(10-18)11-19-24(16-8-9-20-21(12-16)29-37-28-20)26(30)36-27(19,31)17-13-22(33-2)25(35-4)23(14-17)34-3;1-10-8-4-2-3-7(5-8)6-9/h5-10,12-14,31H,11H2,1-4H3;2-6H,1H3. The van der Waals surface area contributed by atoms with E-state index in [2.05, 4.69) is 8.75 Å². The van der Waals surface area contributed by atoms with Crippen LogP contribution in [0.15, 0.2) is 84.4 Å². The second-order valence-corrected chi connectivity index (χ2v) is 10.7. The van der Waals surface area contributed by atoms with Gasteiger partial charge in [0.15, 0.2) is 11.5 Å². The van der Waals surface area contributed by atoms with E-state index in [0.29, 0.717) is 51.0 Å². The van der Waals surface area contributed by atoms with Crippen molar-refractivity contribution in [3.8, 4) is 28.7 Å². The highest BCUT2D eigenvalue weighted by Crippen LogP contribution is 2.49. The van der Waals surface area contributed by atoms with Crippen molar-refractivity contribution < 1.29 is 43.1 Å². The second kappa shape index (κ2) is 14.3. The van der Waals surface area contributed by atoms with Gasteiger partial charge in [-0.2, -0.15) is 8.75 Å². The molecule has 0 amide bonds. The van der Waals surface area contributed by atoms with Gasteiger partial charge in [0.05, 0.1) is 52.9 Å². The van der Waals surface area contributed by atoms with Gasteiger partial charge in [-0.15, -0.1) is 0 Å². The minimum absolute atomic E-state index is 0.193. The number of ether oxygens (including phenoxy) is 6. The van der Waals surface area contributed by atoms with Crippen LogP contribution in [0.1, 0.15) is 27.0 Å². The number of hydrogen-bond acceptors (Lipinski definition) is 12. The fourth-order valence-electron chi connectivity index (χ4n) is 5.19. The average Bonchev–Trinajstić information content (AvgIpc) is 3.68. The van der Waals surface area contributed by atoms with Crippen molar-refractivity contribution in [2.45, 2.75) is 12.2 Å². The number of benzene rings is 4. The first-order valence-corrected chi connectivity index (χ1v) is 15.0. The van der Waals surface area contributed by atoms with Crippen molar-refractivity contribution in [2.24, 2.45) is 0 Å². The van der Waals surface area contributed by atoms with Crippen LogP contribution in [0.2, 0.25) is 0 Å². The van der Waals surface area contributed by atoms with Crippen molar-refractivity contribution in [3.63, 3.8) is 0 Å². The van der Waals surface area contributed by atoms with Crippen LogP contribution in [0.5, 0.6) is 28.7 Å². The molecule has 1 aliphatic rings. The molecule has 0 bridgehead atoms. The minimum Gasteiger partial charge on any atom is -0.497 e. The highest BCUT2D eigenvalue weighted by molar-refractivity contribution is 7.00. The van der Waals surface area contributed by atoms with Gasteiger partial charge in [0.25, 0.3) is 5.79 Å². The number of esters is 1. The fraction of sp³-hybridized carbons (Fsp3) is 0.200. The summed E-state index contributed by atoms with van der Waals surface area (Å²) in [4.78, 5) is 23.6. The molecule has 0 fully saturated rings. The summed E-state index contributed by atoms with van der Waals surface area (Å²) in [6, 6.07) is 22.9. The number of aldehydes is 1. The molecule has 1 unspecified atom stereocenters. The van der Waals surface area contributed by atoms with Crippen LogP contribution in [0.25, 0.3) is 16.6 Å². The third kappa shape index (κ3) is 6.74. The van der Waals surface area contributed by atoms with Crippen LogP contribution in [0, 0.1) is 0 Å². The van der Waals surface area contributed by atoms with Crippen molar-refractivity contribution in [1.29, 1.82) is 0 Å². The molecule has 0 saturated heterocycles. The fourth-order valence-corrected chi connectivity index (χ4v) is 5.71. The number of rotatable bonds is 10. The Labute approximate surface area is 275 Å². The zero-order valence-corrected chi connectivity index (χ0v) is 27.1. The summed E-state index contributed by atoms with van der Waals surface area (Å²) in [5.74, 6) is -0.451. The molecule has 5 aromatic rings. The quantitative estimate of drug-likeness (QED) is 0.148. The van der Waals surface area contributed by atoms with E-state index in [0.717, 1.165) is 29.1 Å². The van der Waals surface area contributed by atoms with Crippen LogP contribution in [0.3, 0.4) is 0 Å².